The van der Waals surface area contributed by atoms with Crippen LogP contribution in [0, 0.1) is 0 Å². The van der Waals surface area contributed by atoms with Crippen molar-refractivity contribution in [3.05, 3.63) is 29.8 Å². The van der Waals surface area contributed by atoms with Crippen molar-refractivity contribution in [2.24, 2.45) is 5.73 Å². The molecule has 0 saturated heterocycles. The van der Waals surface area contributed by atoms with Crippen LogP contribution in [0.3, 0.4) is 0 Å². The molecule has 2 rings (SSSR count). The maximum Gasteiger partial charge on any atom is 0.240 e. The monoisotopic (exact) mass is 248 g/mol. The maximum atomic E-state index is 11.9. The molecule has 0 bridgehead atoms. The van der Waals surface area contributed by atoms with E-state index in [0.717, 1.165) is 30.6 Å². The quantitative estimate of drug-likeness (QED) is 0.834. The molecule has 0 aromatic heterocycles. The van der Waals surface area contributed by atoms with E-state index in [1.165, 1.54) is 0 Å². The Kier molecular flexibility index (Phi) is 3.57. The minimum atomic E-state index is -0.611. The van der Waals surface area contributed by atoms with E-state index in [4.69, 9.17) is 10.5 Å². The molecule has 1 amide bonds. The number of hydrogen-bond acceptors (Lipinski definition) is 3. The topological polar surface area (TPSA) is 64.4 Å². The SMILES string of the molecule is CC[C@H](NC(=O)C1(N)CC1)c1ccc(OC)cc1. The second kappa shape index (κ2) is 4.98. The number of benzene rings is 1. The number of nitrogens with one attached hydrogen (secondary N) is 1. The average molecular weight is 248 g/mol. The minimum Gasteiger partial charge on any atom is -0.497 e. The Hall–Kier alpha value is -1.55. The van der Waals surface area contributed by atoms with Gasteiger partial charge in [0.1, 0.15) is 5.75 Å². The molecule has 0 aliphatic heterocycles. The van der Waals surface area contributed by atoms with Gasteiger partial charge in [-0.1, -0.05) is 19.1 Å². The zero-order valence-corrected chi connectivity index (χ0v) is 10.9. The molecule has 1 atom stereocenters. The van der Waals surface area contributed by atoms with Crippen molar-refractivity contribution in [1.29, 1.82) is 0 Å². The minimum absolute atomic E-state index is 0.0180. The van der Waals surface area contributed by atoms with E-state index in [1.807, 2.05) is 31.2 Å². The number of amides is 1. The van der Waals surface area contributed by atoms with Gasteiger partial charge in [-0.05, 0) is 37.0 Å². The fourth-order valence-electron chi connectivity index (χ4n) is 1.92. The first-order valence-corrected chi connectivity index (χ1v) is 6.33. The van der Waals surface area contributed by atoms with Crippen LogP contribution in [0.1, 0.15) is 37.8 Å². The summed E-state index contributed by atoms with van der Waals surface area (Å²) in [5, 5.41) is 3.02. The molecular formula is C14H20N2O2. The smallest absolute Gasteiger partial charge is 0.240 e. The lowest BCUT2D eigenvalue weighted by atomic mass is 10.0. The molecule has 98 valence electrons. The zero-order valence-electron chi connectivity index (χ0n) is 10.9. The second-order valence-corrected chi connectivity index (χ2v) is 4.86. The normalized spacial score (nSPS) is 17.9. The van der Waals surface area contributed by atoms with Crippen molar-refractivity contribution in [1.82, 2.24) is 5.32 Å². The Morgan fingerprint density at radius 3 is 2.50 bits per heavy atom. The predicted octanol–water partition coefficient (Wildman–Crippen LogP) is 1.75. The standard InChI is InChI=1S/C14H20N2O2/c1-3-12(16-13(17)14(15)8-9-14)10-4-6-11(18-2)7-5-10/h4-7,12H,3,8-9,15H2,1-2H3,(H,16,17)/t12-/m0/s1. The fraction of sp³-hybridized carbons (Fsp3) is 0.500. The largest absolute Gasteiger partial charge is 0.497 e. The van der Waals surface area contributed by atoms with Gasteiger partial charge < -0.3 is 15.8 Å². The summed E-state index contributed by atoms with van der Waals surface area (Å²) in [6.45, 7) is 2.05. The molecule has 1 aromatic carbocycles. The molecule has 0 unspecified atom stereocenters. The van der Waals surface area contributed by atoms with Crippen LogP contribution in [0.4, 0.5) is 0 Å². The molecule has 18 heavy (non-hydrogen) atoms. The van der Waals surface area contributed by atoms with Gasteiger partial charge in [0.25, 0.3) is 0 Å². The lowest BCUT2D eigenvalue weighted by Gasteiger charge is -2.20. The highest BCUT2D eigenvalue weighted by Gasteiger charge is 2.46. The molecule has 1 aliphatic carbocycles. The molecule has 1 fully saturated rings. The van der Waals surface area contributed by atoms with Gasteiger partial charge in [-0.15, -0.1) is 0 Å². The van der Waals surface area contributed by atoms with Crippen LogP contribution < -0.4 is 15.8 Å². The average Bonchev–Trinajstić information content (AvgIpc) is 3.15. The van der Waals surface area contributed by atoms with Gasteiger partial charge >= 0.3 is 0 Å². The Labute approximate surface area is 108 Å². The molecule has 1 saturated carbocycles. The lowest BCUT2D eigenvalue weighted by molar-refractivity contribution is -0.124. The summed E-state index contributed by atoms with van der Waals surface area (Å²) in [5.41, 5.74) is 6.35. The van der Waals surface area contributed by atoms with Gasteiger partial charge in [0.2, 0.25) is 5.91 Å². The Morgan fingerprint density at radius 1 is 1.44 bits per heavy atom. The van der Waals surface area contributed by atoms with Crippen molar-refractivity contribution in [2.45, 2.75) is 37.8 Å². The first-order valence-electron chi connectivity index (χ1n) is 6.33. The van der Waals surface area contributed by atoms with Crippen LogP contribution in [0.2, 0.25) is 0 Å². The number of rotatable bonds is 5. The van der Waals surface area contributed by atoms with Crippen molar-refractivity contribution in [3.63, 3.8) is 0 Å². The summed E-state index contributed by atoms with van der Waals surface area (Å²) in [7, 11) is 1.64. The third kappa shape index (κ3) is 2.64. The Morgan fingerprint density at radius 2 is 2.06 bits per heavy atom. The summed E-state index contributed by atoms with van der Waals surface area (Å²) in [6.07, 6.45) is 2.42. The molecule has 3 N–H and O–H groups in total. The highest BCUT2D eigenvalue weighted by molar-refractivity contribution is 5.89. The highest BCUT2D eigenvalue weighted by Crippen LogP contribution is 2.33. The van der Waals surface area contributed by atoms with Gasteiger partial charge in [-0.2, -0.15) is 0 Å². The molecule has 1 aliphatic rings. The van der Waals surface area contributed by atoms with Gasteiger partial charge in [0, 0.05) is 0 Å². The summed E-state index contributed by atoms with van der Waals surface area (Å²) in [4.78, 5) is 11.9. The summed E-state index contributed by atoms with van der Waals surface area (Å²) in [6, 6.07) is 7.77. The number of hydrogen-bond donors (Lipinski definition) is 2. The van der Waals surface area contributed by atoms with Gasteiger partial charge in [-0.3, -0.25) is 4.79 Å². The number of methoxy groups -OCH3 is 1. The van der Waals surface area contributed by atoms with E-state index in [-0.39, 0.29) is 11.9 Å². The second-order valence-electron chi connectivity index (χ2n) is 4.86. The van der Waals surface area contributed by atoms with E-state index in [9.17, 15) is 4.79 Å². The first-order chi connectivity index (χ1) is 8.59. The summed E-state index contributed by atoms with van der Waals surface area (Å²) < 4.78 is 5.12. The summed E-state index contributed by atoms with van der Waals surface area (Å²) >= 11 is 0. The Bertz CT molecular complexity index is 424. The van der Waals surface area contributed by atoms with Crippen LogP contribution in [-0.2, 0) is 4.79 Å². The van der Waals surface area contributed by atoms with E-state index >= 15 is 0 Å². The van der Waals surface area contributed by atoms with Crippen LogP contribution >= 0.6 is 0 Å². The van der Waals surface area contributed by atoms with Crippen LogP contribution in [0.15, 0.2) is 24.3 Å². The maximum absolute atomic E-state index is 11.9. The first kappa shape index (κ1) is 12.9. The van der Waals surface area contributed by atoms with Gasteiger partial charge in [0.05, 0.1) is 18.7 Å². The van der Waals surface area contributed by atoms with E-state index < -0.39 is 5.54 Å². The molecule has 4 nitrogen and oxygen atoms in total. The number of ether oxygens (including phenoxy) is 1. The number of carbonyl (C=O) groups is 1. The third-order valence-electron chi connectivity index (χ3n) is 3.47. The van der Waals surface area contributed by atoms with Crippen LogP contribution in [-0.4, -0.2) is 18.6 Å². The molecule has 4 heteroatoms. The number of nitrogens with two attached hydrogens (primary N) is 1. The van der Waals surface area contributed by atoms with Crippen LogP contribution in [0.25, 0.3) is 0 Å². The molecular weight excluding hydrogens is 228 g/mol. The lowest BCUT2D eigenvalue weighted by Crippen LogP contribution is -2.44. The zero-order chi connectivity index (χ0) is 13.2. The predicted molar refractivity (Wildman–Crippen MR) is 70.3 cm³/mol. The van der Waals surface area contributed by atoms with Crippen molar-refractivity contribution < 1.29 is 9.53 Å². The van der Waals surface area contributed by atoms with E-state index in [1.54, 1.807) is 7.11 Å². The molecule has 1 aromatic rings. The van der Waals surface area contributed by atoms with E-state index in [2.05, 4.69) is 5.32 Å². The summed E-state index contributed by atoms with van der Waals surface area (Å²) in [5.74, 6) is 0.780. The van der Waals surface area contributed by atoms with Gasteiger partial charge in [0.15, 0.2) is 0 Å². The van der Waals surface area contributed by atoms with Gasteiger partial charge in [-0.25, -0.2) is 0 Å². The van der Waals surface area contributed by atoms with Crippen molar-refractivity contribution >= 4 is 5.91 Å². The number of carbonyl (C=O) groups excluding carboxylic acids is 1. The third-order valence-corrected chi connectivity index (χ3v) is 3.47. The van der Waals surface area contributed by atoms with Crippen molar-refractivity contribution in [2.75, 3.05) is 7.11 Å². The Balaban J connectivity index is 2.05. The highest BCUT2D eigenvalue weighted by atomic mass is 16.5. The van der Waals surface area contributed by atoms with Crippen molar-refractivity contribution in [3.8, 4) is 5.75 Å². The fourth-order valence-corrected chi connectivity index (χ4v) is 1.92. The van der Waals surface area contributed by atoms with E-state index in [0.29, 0.717) is 0 Å². The molecule has 0 radical (unpaired) electrons. The molecule has 0 heterocycles. The van der Waals surface area contributed by atoms with Crippen LogP contribution in [0.5, 0.6) is 5.75 Å². The molecule has 0 spiro atoms.